The van der Waals surface area contributed by atoms with Crippen LogP contribution in [0, 0.1) is 0 Å². The lowest BCUT2D eigenvalue weighted by Gasteiger charge is -2.03. The van der Waals surface area contributed by atoms with Gasteiger partial charge >= 0.3 is 5.97 Å². The molecular formula is C11H23NO3S. The minimum atomic E-state index is -0.707. The standard InChI is InChI=1S/C11H23NO3S/c1-3-15-11(13)7-5-4-6-8-12-9-10-16(2)14/h12H,3-10H2,1-2H3. The van der Waals surface area contributed by atoms with Gasteiger partial charge in [0, 0.05) is 35.8 Å². The van der Waals surface area contributed by atoms with E-state index in [0.717, 1.165) is 32.4 Å². The lowest BCUT2D eigenvalue weighted by molar-refractivity contribution is -0.143. The van der Waals surface area contributed by atoms with Crippen molar-refractivity contribution < 1.29 is 13.7 Å². The molecule has 0 saturated carbocycles. The zero-order chi connectivity index (χ0) is 12.2. The third-order valence-electron chi connectivity index (χ3n) is 2.11. The monoisotopic (exact) mass is 249 g/mol. The van der Waals surface area contributed by atoms with E-state index < -0.39 is 10.8 Å². The van der Waals surface area contributed by atoms with E-state index in [1.165, 1.54) is 0 Å². The van der Waals surface area contributed by atoms with E-state index >= 15 is 0 Å². The van der Waals surface area contributed by atoms with Crippen molar-refractivity contribution >= 4 is 16.8 Å². The summed E-state index contributed by atoms with van der Waals surface area (Å²) in [6.07, 6.45) is 5.20. The summed E-state index contributed by atoms with van der Waals surface area (Å²) in [5, 5.41) is 3.22. The van der Waals surface area contributed by atoms with Gasteiger partial charge in [-0.1, -0.05) is 6.42 Å². The Labute approximate surface area is 101 Å². The first kappa shape index (κ1) is 15.6. The average molecular weight is 249 g/mol. The molecule has 0 amide bonds. The molecule has 5 heteroatoms. The van der Waals surface area contributed by atoms with Gasteiger partial charge in [-0.05, 0) is 26.3 Å². The highest BCUT2D eigenvalue weighted by Gasteiger charge is 2.00. The van der Waals surface area contributed by atoms with Crippen LogP contribution < -0.4 is 5.32 Å². The minimum Gasteiger partial charge on any atom is -0.466 e. The summed E-state index contributed by atoms with van der Waals surface area (Å²) in [5.74, 6) is 0.611. The third kappa shape index (κ3) is 11.7. The van der Waals surface area contributed by atoms with Crippen LogP contribution in [0.4, 0.5) is 0 Å². The molecule has 0 aromatic rings. The first-order valence-corrected chi connectivity index (χ1v) is 7.56. The summed E-state index contributed by atoms with van der Waals surface area (Å²) >= 11 is 0. The Kier molecular flexibility index (Phi) is 10.8. The second-order valence-corrected chi connectivity index (χ2v) is 5.20. The normalized spacial score (nSPS) is 12.4. The van der Waals surface area contributed by atoms with Gasteiger partial charge in [0.1, 0.15) is 0 Å². The molecule has 0 aliphatic carbocycles. The van der Waals surface area contributed by atoms with E-state index in [1.807, 2.05) is 6.92 Å². The number of esters is 1. The van der Waals surface area contributed by atoms with E-state index in [0.29, 0.717) is 18.8 Å². The van der Waals surface area contributed by atoms with Gasteiger partial charge < -0.3 is 10.1 Å². The maximum atomic E-state index is 11.0. The first-order valence-electron chi connectivity index (χ1n) is 5.83. The fourth-order valence-corrected chi connectivity index (χ4v) is 1.70. The average Bonchev–Trinajstić information content (AvgIpc) is 2.22. The Morgan fingerprint density at radius 3 is 2.62 bits per heavy atom. The van der Waals surface area contributed by atoms with Gasteiger partial charge in [0.2, 0.25) is 0 Å². The summed E-state index contributed by atoms with van der Waals surface area (Å²) in [6.45, 7) is 4.02. The molecule has 0 rings (SSSR count). The SMILES string of the molecule is CCOC(=O)CCCCCNCCS(C)=O. The highest BCUT2D eigenvalue weighted by Crippen LogP contribution is 2.00. The van der Waals surface area contributed by atoms with Crippen LogP contribution in [-0.4, -0.2) is 41.9 Å². The molecule has 1 unspecified atom stereocenters. The predicted octanol–water partition coefficient (Wildman–Crippen LogP) is 1.08. The van der Waals surface area contributed by atoms with Gasteiger partial charge in [-0.2, -0.15) is 0 Å². The molecule has 0 saturated heterocycles. The molecule has 0 aliphatic heterocycles. The Morgan fingerprint density at radius 1 is 1.25 bits per heavy atom. The van der Waals surface area contributed by atoms with E-state index in [4.69, 9.17) is 4.74 Å². The van der Waals surface area contributed by atoms with Crippen molar-refractivity contribution in [2.45, 2.75) is 32.6 Å². The van der Waals surface area contributed by atoms with Crippen LogP contribution in [0.2, 0.25) is 0 Å². The van der Waals surface area contributed by atoms with Crippen LogP contribution in [0.3, 0.4) is 0 Å². The zero-order valence-electron chi connectivity index (χ0n) is 10.3. The van der Waals surface area contributed by atoms with E-state index in [2.05, 4.69) is 5.32 Å². The molecule has 1 atom stereocenters. The van der Waals surface area contributed by atoms with Crippen molar-refractivity contribution in [1.29, 1.82) is 0 Å². The topological polar surface area (TPSA) is 55.4 Å². The second kappa shape index (κ2) is 11.1. The number of hydrogen-bond donors (Lipinski definition) is 1. The summed E-state index contributed by atoms with van der Waals surface area (Å²) in [7, 11) is -0.707. The van der Waals surface area contributed by atoms with Crippen molar-refractivity contribution in [3.63, 3.8) is 0 Å². The van der Waals surface area contributed by atoms with Crippen LogP contribution in [0.5, 0.6) is 0 Å². The molecule has 0 aromatic heterocycles. The molecule has 0 radical (unpaired) electrons. The summed E-state index contributed by atoms with van der Waals surface area (Å²) < 4.78 is 15.6. The lowest BCUT2D eigenvalue weighted by atomic mass is 10.2. The number of nitrogens with one attached hydrogen (secondary N) is 1. The van der Waals surface area contributed by atoms with Gasteiger partial charge in [0.05, 0.1) is 6.61 Å². The third-order valence-corrected chi connectivity index (χ3v) is 2.89. The highest BCUT2D eigenvalue weighted by molar-refractivity contribution is 7.84. The van der Waals surface area contributed by atoms with Crippen LogP contribution >= 0.6 is 0 Å². The number of ether oxygens (including phenoxy) is 1. The van der Waals surface area contributed by atoms with Crippen molar-refractivity contribution in [3.05, 3.63) is 0 Å². The number of unbranched alkanes of at least 4 members (excludes halogenated alkanes) is 2. The summed E-state index contributed by atoms with van der Waals surface area (Å²) in [4.78, 5) is 11.0. The van der Waals surface area contributed by atoms with Crippen molar-refractivity contribution in [2.24, 2.45) is 0 Å². The maximum absolute atomic E-state index is 11.0. The Hall–Kier alpha value is -0.420. The lowest BCUT2D eigenvalue weighted by Crippen LogP contribution is -2.21. The van der Waals surface area contributed by atoms with E-state index in [1.54, 1.807) is 6.26 Å². The number of rotatable bonds is 10. The Morgan fingerprint density at radius 2 is 2.00 bits per heavy atom. The fraction of sp³-hybridized carbons (Fsp3) is 0.909. The van der Waals surface area contributed by atoms with Crippen LogP contribution in [0.1, 0.15) is 32.6 Å². The molecule has 0 aromatic carbocycles. The second-order valence-electron chi connectivity index (χ2n) is 3.64. The molecular weight excluding hydrogens is 226 g/mol. The highest BCUT2D eigenvalue weighted by atomic mass is 32.2. The maximum Gasteiger partial charge on any atom is 0.305 e. The zero-order valence-corrected chi connectivity index (χ0v) is 11.1. The summed E-state index contributed by atoms with van der Waals surface area (Å²) in [6, 6.07) is 0. The van der Waals surface area contributed by atoms with Crippen LogP contribution in [-0.2, 0) is 20.3 Å². The smallest absolute Gasteiger partial charge is 0.305 e. The molecule has 0 fully saturated rings. The molecule has 0 aliphatic rings. The molecule has 0 heterocycles. The predicted molar refractivity (Wildman–Crippen MR) is 66.9 cm³/mol. The van der Waals surface area contributed by atoms with Crippen molar-refractivity contribution in [2.75, 3.05) is 31.7 Å². The van der Waals surface area contributed by atoms with Gasteiger partial charge in [-0.3, -0.25) is 9.00 Å². The quantitative estimate of drug-likeness (QED) is 0.465. The van der Waals surface area contributed by atoms with Gasteiger partial charge in [0.25, 0.3) is 0 Å². The largest absolute Gasteiger partial charge is 0.466 e. The van der Waals surface area contributed by atoms with Gasteiger partial charge in [-0.15, -0.1) is 0 Å². The van der Waals surface area contributed by atoms with Crippen molar-refractivity contribution in [3.8, 4) is 0 Å². The van der Waals surface area contributed by atoms with Gasteiger partial charge in [-0.25, -0.2) is 0 Å². The minimum absolute atomic E-state index is 0.100. The molecule has 0 spiro atoms. The molecule has 0 bridgehead atoms. The molecule has 4 nitrogen and oxygen atoms in total. The molecule has 16 heavy (non-hydrogen) atoms. The fourth-order valence-electron chi connectivity index (χ4n) is 1.27. The summed E-state index contributed by atoms with van der Waals surface area (Å²) in [5.41, 5.74) is 0. The molecule has 96 valence electrons. The van der Waals surface area contributed by atoms with Crippen LogP contribution in [0.15, 0.2) is 0 Å². The van der Waals surface area contributed by atoms with Crippen molar-refractivity contribution in [1.82, 2.24) is 5.32 Å². The number of carbonyl (C=O) groups excluding carboxylic acids is 1. The molecule has 1 N–H and O–H groups in total. The van der Waals surface area contributed by atoms with Crippen LogP contribution in [0.25, 0.3) is 0 Å². The Bertz CT molecular complexity index is 209. The first-order chi connectivity index (χ1) is 7.66. The Balaban J connectivity index is 3.09. The number of carbonyl (C=O) groups is 1. The van der Waals surface area contributed by atoms with Gasteiger partial charge in [0.15, 0.2) is 0 Å². The van der Waals surface area contributed by atoms with E-state index in [9.17, 15) is 9.00 Å². The van der Waals surface area contributed by atoms with E-state index in [-0.39, 0.29) is 5.97 Å². The number of hydrogen-bond acceptors (Lipinski definition) is 4.